The Labute approximate surface area is 538 Å². The van der Waals surface area contributed by atoms with E-state index in [-0.39, 0.29) is 0 Å². The van der Waals surface area contributed by atoms with Crippen LogP contribution in [-0.2, 0) is 91.6 Å². The monoisotopic (exact) mass is 1290 g/mol. The smallest absolute Gasteiger partial charge is 0.204 e. The van der Waals surface area contributed by atoms with E-state index in [1.807, 2.05) is 169 Å². The third-order valence-electron chi connectivity index (χ3n) is 10.3. The average molecular weight is 1290 g/mol. The van der Waals surface area contributed by atoms with Gasteiger partial charge in [0.15, 0.2) is 12.2 Å². The fourth-order valence-corrected chi connectivity index (χ4v) is 5.82. The Morgan fingerprint density at radius 3 is 1.23 bits per heavy atom. The van der Waals surface area contributed by atoms with Gasteiger partial charge >= 0.3 is 0 Å². The summed E-state index contributed by atoms with van der Waals surface area (Å²) in [6.07, 6.45) is 27.3. The second-order valence-corrected chi connectivity index (χ2v) is 18.3. The molecule has 16 rings (SSSR count). The highest BCUT2D eigenvalue weighted by molar-refractivity contribution is 5.74. The van der Waals surface area contributed by atoms with Crippen molar-refractivity contribution in [3.63, 3.8) is 0 Å². The molecule has 0 bridgehead atoms. The van der Waals surface area contributed by atoms with Gasteiger partial charge in [-0.25, -0.2) is 24.0 Å². The van der Waals surface area contributed by atoms with Gasteiger partial charge in [0.1, 0.15) is 41.4 Å². The number of imidazole rings is 2. The first-order valence-electron chi connectivity index (χ1n) is 27.5. The summed E-state index contributed by atoms with van der Waals surface area (Å²) < 4.78 is 13.8. The molecule has 41 nitrogen and oxygen atoms in total. The number of rotatable bonds is 1. The predicted octanol–water partition coefficient (Wildman–Crippen LogP) is 0.977. The SMILES string of the molecule is Cc1nnn(C)n1.Cc1nnnn1C.Cn1cccn1.Cn1ccnc1.Cn1ccnc1.Cn1ccnn1.Cn1cnnc1.Cn1cnnn1.Cn1nc2ccccc2n1.Cn1nccn1.Cn1ncnn1.Cn1nnc(-c2ccccc2)n1.Cn1nnc2ccccc21. The molecule has 492 valence electrons. The zero-order valence-electron chi connectivity index (χ0n) is 54.7. The van der Waals surface area contributed by atoms with Crippen LogP contribution in [0.3, 0.4) is 0 Å². The molecule has 0 unspecified atom stereocenters. The number of nitrogens with zero attached hydrogens (tertiary/aromatic N) is 41. The number of aromatic nitrogens is 41. The van der Waals surface area contributed by atoms with E-state index in [1.165, 1.54) is 36.5 Å². The predicted molar refractivity (Wildman–Crippen MR) is 339 cm³/mol. The van der Waals surface area contributed by atoms with Crippen molar-refractivity contribution in [1.82, 2.24) is 205 Å². The summed E-state index contributed by atoms with van der Waals surface area (Å²) in [5.41, 5.74) is 4.91. The molecule has 0 radical (unpaired) electrons. The van der Waals surface area contributed by atoms with Gasteiger partial charge < -0.3 is 13.7 Å². The molecule has 41 heteroatoms. The first-order chi connectivity index (χ1) is 45.3. The van der Waals surface area contributed by atoms with Gasteiger partial charge in [-0.3, -0.25) is 9.36 Å². The number of hydrogen-bond donors (Lipinski definition) is 0. The van der Waals surface area contributed by atoms with Crippen LogP contribution in [0.5, 0.6) is 0 Å². The van der Waals surface area contributed by atoms with Crippen LogP contribution in [0.2, 0.25) is 0 Å². The molecule has 0 amide bonds. The molecule has 0 aliphatic rings. The van der Waals surface area contributed by atoms with Crippen molar-refractivity contribution >= 4 is 22.1 Å². The lowest BCUT2D eigenvalue weighted by Gasteiger charge is -1.90. The molecule has 0 fully saturated rings. The van der Waals surface area contributed by atoms with Crippen molar-refractivity contribution in [3.05, 3.63) is 197 Å². The summed E-state index contributed by atoms with van der Waals surface area (Å²) >= 11 is 0. The number of hydrogen-bond acceptors (Lipinski definition) is 28. The molecule has 16 aromatic rings. The minimum absolute atomic E-state index is 0.665. The topological polar surface area (TPSA) is 425 Å². The Balaban J connectivity index is 0.000000219. The van der Waals surface area contributed by atoms with Gasteiger partial charge in [-0.05, 0) is 80.7 Å². The van der Waals surface area contributed by atoms with Gasteiger partial charge in [0, 0.05) is 119 Å². The lowest BCUT2D eigenvalue weighted by atomic mass is 10.2. The van der Waals surface area contributed by atoms with E-state index in [2.05, 4.69) is 144 Å². The van der Waals surface area contributed by atoms with Gasteiger partial charge in [0.25, 0.3) is 0 Å². The van der Waals surface area contributed by atoms with Gasteiger partial charge in [0.05, 0.1) is 57.9 Å². The normalized spacial score (nSPS) is 9.44. The number of benzene rings is 3. The largest absolute Gasteiger partial charge is 0.341 e. The van der Waals surface area contributed by atoms with Crippen LogP contribution < -0.4 is 0 Å². The highest BCUT2D eigenvalue weighted by atomic mass is 15.6. The van der Waals surface area contributed by atoms with Crippen LogP contribution in [0.25, 0.3) is 33.5 Å². The van der Waals surface area contributed by atoms with Crippen LogP contribution in [0.4, 0.5) is 0 Å². The number of tetrazole rings is 5. The lowest BCUT2D eigenvalue weighted by Crippen LogP contribution is -1.92. The minimum Gasteiger partial charge on any atom is -0.341 e. The summed E-state index contributed by atoms with van der Waals surface area (Å²) in [7, 11) is 23.7. The maximum atomic E-state index is 4.12. The van der Waals surface area contributed by atoms with E-state index in [4.69, 9.17) is 0 Å². The molecule has 0 N–H and O–H groups in total. The van der Waals surface area contributed by atoms with Crippen molar-refractivity contribution in [2.75, 3.05) is 0 Å². The maximum absolute atomic E-state index is 4.12. The summed E-state index contributed by atoms with van der Waals surface area (Å²) in [6, 6.07) is 27.3. The van der Waals surface area contributed by atoms with Crippen LogP contribution in [-0.4, -0.2) is 205 Å². The Hall–Kier alpha value is -13.1. The molecule has 0 saturated carbocycles. The first-order valence-corrected chi connectivity index (χ1v) is 27.5. The Bertz CT molecular complexity index is 3790. The first kappa shape index (κ1) is 73.3. The molecule has 0 aliphatic heterocycles. The fourth-order valence-electron chi connectivity index (χ4n) is 5.82. The van der Waals surface area contributed by atoms with E-state index < -0.39 is 0 Å². The summed E-state index contributed by atoms with van der Waals surface area (Å²) in [6.45, 7) is 3.65. The fraction of sp³-hybridized carbons (Fsp3) is 0.283. The lowest BCUT2D eigenvalue weighted by molar-refractivity contribution is 0.629. The van der Waals surface area contributed by atoms with E-state index in [0.29, 0.717) is 11.6 Å². The molecule has 0 atom stereocenters. The molecule has 3 aromatic carbocycles. The molecule has 0 spiro atoms. The highest BCUT2D eigenvalue weighted by Crippen LogP contribution is 2.11. The molecule has 13 aromatic heterocycles. The third kappa shape index (κ3) is 32.2. The van der Waals surface area contributed by atoms with Gasteiger partial charge in [-0.1, -0.05) is 65.0 Å². The van der Waals surface area contributed by atoms with Crippen molar-refractivity contribution in [3.8, 4) is 11.4 Å². The summed E-state index contributed by atoms with van der Waals surface area (Å²) in [5, 5.41) is 95.5. The zero-order valence-corrected chi connectivity index (χ0v) is 54.7. The quantitative estimate of drug-likeness (QED) is 0.221. The average Bonchev–Trinajstić information content (AvgIpc) is 1.76. The molecule has 0 aliphatic carbocycles. The van der Waals surface area contributed by atoms with Crippen molar-refractivity contribution < 1.29 is 0 Å². The highest BCUT2D eigenvalue weighted by Gasteiger charge is 2.01. The maximum Gasteiger partial charge on any atom is 0.204 e. The Morgan fingerprint density at radius 2 is 0.936 bits per heavy atom. The standard InChI is InChI=1S/C8H8N4.2C7H7N3.3C4H6N2.2C3H6N4.3C3H5N3.2C2H4N4/c1-12-10-8(9-11-12)7-5-3-2-4-6-7;1-10-7-5-3-2-4-6(7)8-9-10;1-10-8-6-4-2-3-5-7(6)9-10;2*1-6-3-2-5-4-6;1-6-4-2-3-5-6;1-3-4-5-6-7(3)2;1-3-4-6-7(2)5-3;1-6-2-4-5-3-6;1-6-3-2-4-5-6;1-6-4-2-3-5-6;1-6-2-3-4-5-6;1-6-4-2-3-5-6/h2-6H,1H3;2*2-5H,1H3;3*2-4H,1H3;2*1-2H3;3*2-3H,1H3;2*2H,1H3. The van der Waals surface area contributed by atoms with Crippen LogP contribution in [0, 0.1) is 13.8 Å². The van der Waals surface area contributed by atoms with Crippen molar-refractivity contribution in [2.24, 2.45) is 91.6 Å². The number of aryl methyl sites for hydroxylation is 15. The summed E-state index contributed by atoms with van der Waals surface area (Å²) in [5.74, 6) is 2.21. The van der Waals surface area contributed by atoms with E-state index in [1.54, 1.807) is 146 Å². The minimum atomic E-state index is 0.665. The van der Waals surface area contributed by atoms with Crippen LogP contribution in [0.15, 0.2) is 185 Å². The van der Waals surface area contributed by atoms with Gasteiger partial charge in [-0.2, -0.15) is 49.5 Å². The molecule has 0 saturated heterocycles. The van der Waals surface area contributed by atoms with E-state index in [9.17, 15) is 0 Å². The van der Waals surface area contributed by atoms with E-state index >= 15 is 0 Å². The molecular formula is C53H75N41. The Morgan fingerprint density at radius 1 is 0.319 bits per heavy atom. The number of para-hydroxylation sites is 1. The number of fused-ring (bicyclic) bond motifs is 2. The van der Waals surface area contributed by atoms with Crippen molar-refractivity contribution in [1.29, 1.82) is 0 Å². The third-order valence-corrected chi connectivity index (χ3v) is 10.3. The van der Waals surface area contributed by atoms with Crippen LogP contribution >= 0.6 is 0 Å². The van der Waals surface area contributed by atoms with Crippen LogP contribution in [0.1, 0.15) is 11.6 Å². The molecule has 13 heterocycles. The Kier molecular flexibility index (Phi) is 33.3. The molecule has 94 heavy (non-hydrogen) atoms. The van der Waals surface area contributed by atoms with Gasteiger partial charge in [0.2, 0.25) is 5.82 Å². The second kappa shape index (κ2) is 42.7. The van der Waals surface area contributed by atoms with Gasteiger partial charge in [-0.15, -0.1) is 61.2 Å². The summed E-state index contributed by atoms with van der Waals surface area (Å²) in [4.78, 5) is 14.9. The van der Waals surface area contributed by atoms with E-state index in [0.717, 1.165) is 33.5 Å². The second-order valence-electron chi connectivity index (χ2n) is 18.3. The zero-order chi connectivity index (χ0) is 68.1. The van der Waals surface area contributed by atoms with Crippen molar-refractivity contribution in [2.45, 2.75) is 13.8 Å². The molecular weight excluding hydrogens is 1210 g/mol.